The summed E-state index contributed by atoms with van der Waals surface area (Å²) >= 11 is 1.49. The summed E-state index contributed by atoms with van der Waals surface area (Å²) < 4.78 is 26.7. The Morgan fingerprint density at radius 2 is 2.08 bits per heavy atom. The zero-order valence-electron chi connectivity index (χ0n) is 12.3. The van der Waals surface area contributed by atoms with Crippen LogP contribution in [-0.2, 0) is 27.0 Å². The van der Waals surface area contributed by atoms with E-state index >= 15 is 0 Å². The average Bonchev–Trinajstić information content (AvgIpc) is 3.03. The first kappa shape index (κ1) is 15.1. The zero-order valence-corrected chi connectivity index (χ0v) is 13.9. The first-order valence-corrected chi connectivity index (χ1v) is 9.61. The molecule has 3 aromatic rings. The largest absolute Gasteiger partial charge is 0.481 e. The van der Waals surface area contributed by atoms with Crippen LogP contribution in [0.4, 0.5) is 5.69 Å². The van der Waals surface area contributed by atoms with E-state index in [1.165, 1.54) is 11.3 Å². The lowest BCUT2D eigenvalue weighted by atomic mass is 10.1. The molecule has 2 aromatic carbocycles. The number of aromatic nitrogens is 1. The topological polar surface area (TPSA) is 96.4 Å². The molecule has 0 radical (unpaired) electrons. The van der Waals surface area contributed by atoms with E-state index in [2.05, 4.69) is 9.71 Å². The lowest BCUT2D eigenvalue weighted by molar-refractivity contribution is -0.136. The first-order valence-electron chi connectivity index (χ1n) is 7.15. The SMILES string of the molecule is O=C(O)Cc1ccc2sc(-c3ccc4c(c3)CS(=O)(=O)N4)nc2c1. The molecule has 1 aromatic heterocycles. The summed E-state index contributed by atoms with van der Waals surface area (Å²) in [6.45, 7) is 0. The number of nitrogens with one attached hydrogen (secondary N) is 1. The number of carboxylic acids is 1. The van der Waals surface area contributed by atoms with Gasteiger partial charge in [0.05, 0.1) is 28.1 Å². The number of carboxylic acid groups (broad SMARTS) is 1. The molecule has 0 atom stereocenters. The van der Waals surface area contributed by atoms with E-state index in [1.54, 1.807) is 18.2 Å². The van der Waals surface area contributed by atoms with Crippen molar-refractivity contribution in [1.29, 1.82) is 0 Å². The predicted molar refractivity (Wildman–Crippen MR) is 92.6 cm³/mol. The van der Waals surface area contributed by atoms with Crippen LogP contribution in [-0.4, -0.2) is 24.5 Å². The molecular formula is C16H12N2O4S2. The van der Waals surface area contributed by atoms with Crippen LogP contribution in [0.1, 0.15) is 11.1 Å². The quantitative estimate of drug-likeness (QED) is 0.749. The summed E-state index contributed by atoms with van der Waals surface area (Å²) in [5, 5.41) is 9.66. The van der Waals surface area contributed by atoms with Gasteiger partial charge in [-0.1, -0.05) is 6.07 Å². The molecule has 8 heteroatoms. The van der Waals surface area contributed by atoms with Crippen molar-refractivity contribution in [1.82, 2.24) is 4.98 Å². The molecule has 0 saturated heterocycles. The summed E-state index contributed by atoms with van der Waals surface area (Å²) in [6, 6.07) is 10.9. The number of aliphatic carboxylic acids is 1. The van der Waals surface area contributed by atoms with Gasteiger partial charge in [-0.3, -0.25) is 9.52 Å². The number of thiazole rings is 1. The summed E-state index contributed by atoms with van der Waals surface area (Å²) in [6.07, 6.45) is -0.0365. The van der Waals surface area contributed by atoms with Crippen LogP contribution in [0.2, 0.25) is 0 Å². The molecule has 0 bridgehead atoms. The molecule has 0 unspecified atom stereocenters. The van der Waals surface area contributed by atoms with Gasteiger partial charge >= 0.3 is 5.97 Å². The Bertz CT molecular complexity index is 1090. The van der Waals surface area contributed by atoms with Crippen molar-refractivity contribution in [2.75, 3.05) is 4.72 Å². The van der Waals surface area contributed by atoms with Crippen LogP contribution in [0.5, 0.6) is 0 Å². The molecule has 0 spiro atoms. The zero-order chi connectivity index (χ0) is 16.9. The minimum Gasteiger partial charge on any atom is -0.481 e. The molecule has 0 aliphatic carbocycles. The molecule has 0 amide bonds. The third-order valence-corrected chi connectivity index (χ3v) is 6.08. The Labute approximate surface area is 141 Å². The lowest BCUT2D eigenvalue weighted by Gasteiger charge is -2.00. The van der Waals surface area contributed by atoms with Gasteiger partial charge in [-0.05, 0) is 41.5 Å². The molecule has 24 heavy (non-hydrogen) atoms. The molecule has 4 rings (SSSR count). The summed E-state index contributed by atoms with van der Waals surface area (Å²) in [5.41, 5.74) is 3.66. The monoisotopic (exact) mass is 360 g/mol. The predicted octanol–water partition coefficient (Wildman–Crippen LogP) is 2.85. The van der Waals surface area contributed by atoms with E-state index in [0.717, 1.165) is 26.4 Å². The summed E-state index contributed by atoms with van der Waals surface area (Å²) in [4.78, 5) is 15.4. The van der Waals surface area contributed by atoms with Crippen molar-refractivity contribution < 1.29 is 18.3 Å². The highest BCUT2D eigenvalue weighted by molar-refractivity contribution is 7.92. The van der Waals surface area contributed by atoms with E-state index in [0.29, 0.717) is 11.3 Å². The minimum atomic E-state index is -3.27. The molecular weight excluding hydrogens is 348 g/mol. The molecule has 0 fully saturated rings. The van der Waals surface area contributed by atoms with Crippen molar-refractivity contribution in [3.05, 3.63) is 47.5 Å². The molecule has 2 N–H and O–H groups in total. The van der Waals surface area contributed by atoms with E-state index in [9.17, 15) is 13.2 Å². The second-order valence-electron chi connectivity index (χ2n) is 5.62. The van der Waals surface area contributed by atoms with Crippen LogP contribution in [0, 0.1) is 0 Å². The van der Waals surface area contributed by atoms with Crippen molar-refractivity contribution in [2.45, 2.75) is 12.2 Å². The van der Waals surface area contributed by atoms with Gasteiger partial charge in [0, 0.05) is 5.56 Å². The smallest absolute Gasteiger partial charge is 0.307 e. The fraction of sp³-hybridized carbons (Fsp3) is 0.125. The number of anilines is 1. The molecule has 0 saturated carbocycles. The van der Waals surface area contributed by atoms with Gasteiger partial charge in [0.15, 0.2) is 0 Å². The standard InChI is InChI=1S/C16H12N2O4S2/c19-15(20)6-9-1-4-14-13(5-9)17-16(23-14)10-2-3-12-11(7-10)8-24(21,22)18-12/h1-5,7,18H,6,8H2,(H,19,20). The summed E-state index contributed by atoms with van der Waals surface area (Å²) in [5.74, 6) is -0.902. The third kappa shape index (κ3) is 2.74. The van der Waals surface area contributed by atoms with Gasteiger partial charge in [-0.15, -0.1) is 11.3 Å². The maximum absolute atomic E-state index is 11.6. The highest BCUT2D eigenvalue weighted by Gasteiger charge is 2.24. The van der Waals surface area contributed by atoms with E-state index in [1.807, 2.05) is 18.2 Å². The Morgan fingerprint density at radius 3 is 2.88 bits per heavy atom. The van der Waals surface area contributed by atoms with Crippen LogP contribution in [0.3, 0.4) is 0 Å². The lowest BCUT2D eigenvalue weighted by Crippen LogP contribution is -2.05. The van der Waals surface area contributed by atoms with Crippen molar-refractivity contribution >= 4 is 43.2 Å². The van der Waals surface area contributed by atoms with Gasteiger partial charge in [0.1, 0.15) is 5.01 Å². The van der Waals surface area contributed by atoms with Crippen LogP contribution < -0.4 is 4.72 Å². The number of nitrogens with zero attached hydrogens (tertiary/aromatic N) is 1. The number of carbonyl (C=O) groups is 1. The first-order chi connectivity index (χ1) is 11.4. The highest BCUT2D eigenvalue weighted by atomic mass is 32.2. The van der Waals surface area contributed by atoms with Gasteiger partial charge in [-0.25, -0.2) is 13.4 Å². The van der Waals surface area contributed by atoms with Crippen molar-refractivity contribution in [3.8, 4) is 10.6 Å². The van der Waals surface area contributed by atoms with Gasteiger partial charge in [0.2, 0.25) is 10.0 Å². The fourth-order valence-electron chi connectivity index (χ4n) is 2.74. The molecule has 1 aliphatic heterocycles. The third-order valence-electron chi connectivity index (χ3n) is 3.77. The van der Waals surface area contributed by atoms with Gasteiger partial charge in [-0.2, -0.15) is 0 Å². The number of fused-ring (bicyclic) bond motifs is 2. The second-order valence-corrected chi connectivity index (χ2v) is 8.38. The number of hydrogen-bond acceptors (Lipinski definition) is 5. The number of sulfonamides is 1. The van der Waals surface area contributed by atoms with Crippen molar-refractivity contribution in [3.63, 3.8) is 0 Å². The number of benzene rings is 2. The van der Waals surface area contributed by atoms with E-state index in [4.69, 9.17) is 5.11 Å². The van der Waals surface area contributed by atoms with Crippen LogP contribution in [0.15, 0.2) is 36.4 Å². The maximum atomic E-state index is 11.6. The minimum absolute atomic E-state index is 0.0240. The number of hydrogen-bond donors (Lipinski definition) is 2. The normalized spacial score (nSPS) is 15.2. The Hall–Kier alpha value is -2.45. The fourth-order valence-corrected chi connectivity index (χ4v) is 4.93. The van der Waals surface area contributed by atoms with E-state index < -0.39 is 16.0 Å². The maximum Gasteiger partial charge on any atom is 0.307 e. The highest BCUT2D eigenvalue weighted by Crippen LogP contribution is 2.35. The summed E-state index contributed by atoms with van der Waals surface area (Å²) in [7, 11) is -3.27. The van der Waals surface area contributed by atoms with Gasteiger partial charge < -0.3 is 5.11 Å². The number of rotatable bonds is 3. The second kappa shape index (κ2) is 5.29. The van der Waals surface area contributed by atoms with Crippen LogP contribution in [0.25, 0.3) is 20.8 Å². The van der Waals surface area contributed by atoms with Crippen LogP contribution >= 0.6 is 11.3 Å². The van der Waals surface area contributed by atoms with E-state index in [-0.39, 0.29) is 12.2 Å². The Morgan fingerprint density at radius 1 is 1.25 bits per heavy atom. The van der Waals surface area contributed by atoms with Gasteiger partial charge in [0.25, 0.3) is 0 Å². The average molecular weight is 360 g/mol. The molecule has 122 valence electrons. The Balaban J connectivity index is 1.74. The molecule has 6 nitrogen and oxygen atoms in total. The Kier molecular flexibility index (Phi) is 3.33. The molecule has 1 aliphatic rings. The molecule has 2 heterocycles. The van der Waals surface area contributed by atoms with Crippen molar-refractivity contribution in [2.24, 2.45) is 0 Å².